The van der Waals surface area contributed by atoms with E-state index in [2.05, 4.69) is 4.98 Å². The molecule has 0 unspecified atom stereocenters. The highest BCUT2D eigenvalue weighted by molar-refractivity contribution is 6.07. The van der Waals surface area contributed by atoms with Crippen LogP contribution in [0.3, 0.4) is 0 Å². The van der Waals surface area contributed by atoms with Gasteiger partial charge in [0.2, 0.25) is 0 Å². The molecule has 118 valence electrons. The molecular weight excluding hydrogens is 292 g/mol. The number of fused-ring (bicyclic) bond motifs is 1. The first-order valence-corrected chi connectivity index (χ1v) is 7.56. The number of hydrogen-bond acceptors (Lipinski definition) is 4. The summed E-state index contributed by atoms with van der Waals surface area (Å²) < 4.78 is 4.84. The molecule has 0 saturated heterocycles. The number of aromatic nitrogens is 1. The van der Waals surface area contributed by atoms with Crippen LogP contribution in [0.15, 0.2) is 36.5 Å². The number of aryl methyl sites for hydroxylation is 1. The number of amides is 1. The van der Waals surface area contributed by atoms with Crippen LogP contribution in [0.4, 0.5) is 5.69 Å². The molecule has 1 aliphatic heterocycles. The summed E-state index contributed by atoms with van der Waals surface area (Å²) in [6.45, 7) is 2.51. The Morgan fingerprint density at radius 1 is 1.22 bits per heavy atom. The Labute approximate surface area is 134 Å². The fourth-order valence-corrected chi connectivity index (χ4v) is 2.89. The van der Waals surface area contributed by atoms with Gasteiger partial charge in [0.1, 0.15) is 0 Å². The summed E-state index contributed by atoms with van der Waals surface area (Å²) >= 11 is 0. The summed E-state index contributed by atoms with van der Waals surface area (Å²) in [5, 5.41) is 0. The zero-order valence-corrected chi connectivity index (χ0v) is 13.2. The van der Waals surface area contributed by atoms with Gasteiger partial charge >= 0.3 is 5.97 Å². The topological polar surface area (TPSA) is 59.5 Å². The fraction of sp³-hybridized carbons (Fsp3) is 0.278. The Balaban J connectivity index is 2.00. The van der Waals surface area contributed by atoms with Gasteiger partial charge in [-0.1, -0.05) is 6.07 Å². The van der Waals surface area contributed by atoms with Crippen LogP contribution < -0.4 is 4.90 Å². The van der Waals surface area contributed by atoms with Gasteiger partial charge in [-0.3, -0.25) is 9.78 Å². The van der Waals surface area contributed by atoms with Crippen LogP contribution in [0.2, 0.25) is 0 Å². The molecule has 1 aromatic carbocycles. The second kappa shape index (κ2) is 6.20. The molecular formula is C18H18N2O3. The van der Waals surface area contributed by atoms with Crippen molar-refractivity contribution in [1.82, 2.24) is 4.98 Å². The lowest BCUT2D eigenvalue weighted by atomic mass is 9.95. The van der Waals surface area contributed by atoms with Gasteiger partial charge in [0, 0.05) is 24.1 Å². The minimum atomic E-state index is -0.367. The summed E-state index contributed by atoms with van der Waals surface area (Å²) in [6, 6.07) is 9.00. The Kier molecular flexibility index (Phi) is 4.10. The van der Waals surface area contributed by atoms with E-state index in [1.54, 1.807) is 29.3 Å². The third kappa shape index (κ3) is 2.82. The van der Waals surface area contributed by atoms with E-state index < -0.39 is 0 Å². The molecule has 5 heteroatoms. The molecule has 0 radical (unpaired) electrons. The molecule has 1 aromatic heterocycles. The van der Waals surface area contributed by atoms with Crippen molar-refractivity contribution in [3.63, 3.8) is 0 Å². The van der Waals surface area contributed by atoms with E-state index in [0.29, 0.717) is 17.7 Å². The normalized spacial score (nSPS) is 13.4. The first-order valence-electron chi connectivity index (χ1n) is 7.56. The van der Waals surface area contributed by atoms with E-state index in [-0.39, 0.29) is 11.9 Å². The third-order valence-corrected chi connectivity index (χ3v) is 4.06. The van der Waals surface area contributed by atoms with E-state index in [4.69, 9.17) is 4.74 Å². The number of esters is 1. The molecule has 1 aliphatic rings. The van der Waals surface area contributed by atoms with Crippen LogP contribution in [0.25, 0.3) is 0 Å². The predicted octanol–water partition coefficient (Wildman–Crippen LogP) is 2.77. The number of hydrogen-bond donors (Lipinski definition) is 0. The minimum Gasteiger partial charge on any atom is -0.465 e. The molecule has 0 spiro atoms. The lowest BCUT2D eigenvalue weighted by molar-refractivity contribution is 0.0599. The molecule has 0 fully saturated rings. The number of pyridine rings is 1. The first-order chi connectivity index (χ1) is 11.1. The van der Waals surface area contributed by atoms with Crippen LogP contribution in [0, 0.1) is 6.92 Å². The largest absolute Gasteiger partial charge is 0.465 e. The van der Waals surface area contributed by atoms with Crippen molar-refractivity contribution in [3.8, 4) is 0 Å². The van der Waals surface area contributed by atoms with Gasteiger partial charge in [-0.25, -0.2) is 4.79 Å². The number of carbonyl (C=O) groups is 2. The highest BCUT2D eigenvalue weighted by Gasteiger charge is 2.27. The Hall–Kier alpha value is -2.69. The molecule has 0 bridgehead atoms. The van der Waals surface area contributed by atoms with Crippen molar-refractivity contribution in [2.24, 2.45) is 0 Å². The van der Waals surface area contributed by atoms with E-state index in [1.165, 1.54) is 7.11 Å². The first kappa shape index (κ1) is 15.2. The fourth-order valence-electron chi connectivity index (χ4n) is 2.89. The quantitative estimate of drug-likeness (QED) is 0.800. The van der Waals surface area contributed by atoms with E-state index in [9.17, 15) is 9.59 Å². The van der Waals surface area contributed by atoms with Crippen LogP contribution in [-0.2, 0) is 11.2 Å². The average Bonchev–Trinajstić information content (AvgIpc) is 2.60. The van der Waals surface area contributed by atoms with Gasteiger partial charge in [0.15, 0.2) is 0 Å². The van der Waals surface area contributed by atoms with Gasteiger partial charge in [0.25, 0.3) is 5.91 Å². The third-order valence-electron chi connectivity index (χ3n) is 4.06. The molecule has 0 saturated carbocycles. The maximum atomic E-state index is 12.8. The Bertz CT molecular complexity index is 753. The SMILES string of the molecule is COC(=O)c1cccc2c1CCCN2C(=O)c1ccc(C)nc1. The Morgan fingerprint density at radius 2 is 2.04 bits per heavy atom. The maximum Gasteiger partial charge on any atom is 0.338 e. The molecule has 1 amide bonds. The molecule has 0 N–H and O–H groups in total. The predicted molar refractivity (Wildman–Crippen MR) is 86.8 cm³/mol. The van der Waals surface area contributed by atoms with Crippen LogP contribution in [-0.4, -0.2) is 30.5 Å². The number of benzene rings is 1. The zero-order valence-electron chi connectivity index (χ0n) is 13.2. The van der Waals surface area contributed by atoms with E-state index in [1.807, 2.05) is 19.1 Å². The van der Waals surface area contributed by atoms with Gasteiger partial charge in [-0.2, -0.15) is 0 Å². The molecule has 2 aromatic rings. The van der Waals surface area contributed by atoms with Crippen molar-refractivity contribution >= 4 is 17.6 Å². The van der Waals surface area contributed by atoms with Crippen LogP contribution >= 0.6 is 0 Å². The number of ether oxygens (including phenoxy) is 1. The Morgan fingerprint density at radius 3 is 2.74 bits per heavy atom. The summed E-state index contributed by atoms with van der Waals surface area (Å²) in [7, 11) is 1.37. The smallest absolute Gasteiger partial charge is 0.338 e. The van der Waals surface area contributed by atoms with E-state index >= 15 is 0 Å². The van der Waals surface area contributed by atoms with Crippen LogP contribution in [0.1, 0.15) is 38.4 Å². The van der Waals surface area contributed by atoms with Crippen LogP contribution in [0.5, 0.6) is 0 Å². The van der Waals surface area contributed by atoms with E-state index in [0.717, 1.165) is 29.8 Å². The van der Waals surface area contributed by atoms with Crippen molar-refractivity contribution in [3.05, 3.63) is 58.9 Å². The second-order valence-electron chi connectivity index (χ2n) is 5.54. The highest BCUT2D eigenvalue weighted by atomic mass is 16.5. The molecule has 0 aliphatic carbocycles. The molecule has 3 rings (SSSR count). The summed E-state index contributed by atoms with van der Waals surface area (Å²) in [4.78, 5) is 30.6. The van der Waals surface area contributed by atoms with Crippen molar-refractivity contribution in [2.75, 3.05) is 18.6 Å². The van der Waals surface area contributed by atoms with Gasteiger partial charge in [-0.05, 0) is 49.6 Å². The van der Waals surface area contributed by atoms with Gasteiger partial charge in [0.05, 0.1) is 18.2 Å². The summed E-state index contributed by atoms with van der Waals surface area (Å²) in [5.74, 6) is -0.464. The monoisotopic (exact) mass is 310 g/mol. The molecule has 23 heavy (non-hydrogen) atoms. The van der Waals surface area contributed by atoms with Gasteiger partial charge < -0.3 is 9.64 Å². The number of rotatable bonds is 2. The molecule has 2 heterocycles. The molecule has 0 atom stereocenters. The van der Waals surface area contributed by atoms with Gasteiger partial charge in [-0.15, -0.1) is 0 Å². The number of methoxy groups -OCH3 is 1. The second-order valence-corrected chi connectivity index (χ2v) is 5.54. The standard InChI is InChI=1S/C18H18N2O3/c1-12-8-9-13(11-19-12)17(21)20-10-4-6-14-15(18(22)23-2)5-3-7-16(14)20/h3,5,7-9,11H,4,6,10H2,1-2H3. The lowest BCUT2D eigenvalue weighted by Crippen LogP contribution is -2.36. The number of carbonyl (C=O) groups excluding carboxylic acids is 2. The summed E-state index contributed by atoms with van der Waals surface area (Å²) in [6.07, 6.45) is 3.17. The number of anilines is 1. The highest BCUT2D eigenvalue weighted by Crippen LogP contribution is 2.31. The number of nitrogens with zero attached hydrogens (tertiary/aromatic N) is 2. The van der Waals surface area contributed by atoms with Crippen molar-refractivity contribution in [1.29, 1.82) is 0 Å². The minimum absolute atomic E-state index is 0.0968. The zero-order chi connectivity index (χ0) is 16.4. The van der Waals surface area contributed by atoms with Crippen molar-refractivity contribution in [2.45, 2.75) is 19.8 Å². The summed E-state index contributed by atoms with van der Waals surface area (Å²) in [5.41, 5.74) is 3.61. The lowest BCUT2D eigenvalue weighted by Gasteiger charge is -2.30. The maximum absolute atomic E-state index is 12.8. The average molecular weight is 310 g/mol. The van der Waals surface area contributed by atoms with Crippen molar-refractivity contribution < 1.29 is 14.3 Å². The molecule has 5 nitrogen and oxygen atoms in total.